The number of aliphatic hydroxyl groups excluding tert-OH is 1. The van der Waals surface area contributed by atoms with E-state index in [1.54, 1.807) is 28.0 Å². The van der Waals surface area contributed by atoms with Crippen LogP contribution in [0, 0.1) is 13.8 Å². The number of hydrogen-bond acceptors (Lipinski definition) is 7. The van der Waals surface area contributed by atoms with Crippen molar-refractivity contribution in [3.63, 3.8) is 0 Å². The highest BCUT2D eigenvalue weighted by Gasteiger charge is 2.52. The van der Waals surface area contributed by atoms with Gasteiger partial charge in [0.05, 0.1) is 28.4 Å². The molecule has 0 radical (unpaired) electrons. The average molecular weight is 632 g/mol. The van der Waals surface area contributed by atoms with Crippen molar-refractivity contribution >= 4 is 23.6 Å². The maximum absolute atomic E-state index is 11.2. The van der Waals surface area contributed by atoms with Crippen LogP contribution >= 0.6 is 0 Å². The van der Waals surface area contributed by atoms with Crippen LogP contribution in [0.1, 0.15) is 61.9 Å². The first-order chi connectivity index (χ1) is 22.3. The van der Waals surface area contributed by atoms with Gasteiger partial charge in [-0.3, -0.25) is 14.3 Å². The minimum Gasteiger partial charge on any atom is -0.399 e. The van der Waals surface area contributed by atoms with Gasteiger partial charge in [-0.1, -0.05) is 29.8 Å². The van der Waals surface area contributed by atoms with Crippen molar-refractivity contribution in [1.82, 2.24) is 34.1 Å². The molecule has 47 heavy (non-hydrogen) atoms. The Morgan fingerprint density at radius 1 is 0.830 bits per heavy atom. The molecule has 10 nitrogen and oxygen atoms in total. The van der Waals surface area contributed by atoms with Crippen LogP contribution in [0.5, 0.6) is 0 Å². The van der Waals surface area contributed by atoms with E-state index in [0.29, 0.717) is 12.4 Å². The first kappa shape index (κ1) is 32.4. The molecule has 11 heteroatoms. The molecular weight excluding hydrogens is 589 g/mol. The molecule has 1 atom stereocenters. The highest BCUT2D eigenvalue weighted by molar-refractivity contribution is 6.62. The molecule has 1 saturated heterocycles. The minimum absolute atomic E-state index is 0.284. The Kier molecular flexibility index (Phi) is 8.65. The fourth-order valence-electron chi connectivity index (χ4n) is 5.64. The van der Waals surface area contributed by atoms with E-state index in [-0.39, 0.29) is 18.3 Å². The van der Waals surface area contributed by atoms with Crippen LogP contribution in [0.25, 0.3) is 22.2 Å². The molecule has 5 heterocycles. The van der Waals surface area contributed by atoms with Gasteiger partial charge >= 0.3 is 7.12 Å². The topological polar surface area (TPSA) is 105 Å². The van der Waals surface area contributed by atoms with Gasteiger partial charge in [0.1, 0.15) is 11.9 Å². The second-order valence-corrected chi connectivity index (χ2v) is 13.3. The second kappa shape index (κ2) is 12.6. The van der Waals surface area contributed by atoms with E-state index in [2.05, 4.69) is 63.9 Å². The van der Waals surface area contributed by atoms with E-state index in [4.69, 9.17) is 14.3 Å². The fourth-order valence-corrected chi connectivity index (χ4v) is 5.64. The molecule has 0 amide bonds. The third-order valence-corrected chi connectivity index (χ3v) is 9.17. The van der Waals surface area contributed by atoms with Crippen molar-refractivity contribution in [1.29, 1.82) is 0 Å². The number of aromatic nitrogens is 7. The number of nitrogens with zero attached hydrogens (tertiary/aromatic N) is 7. The molecule has 0 spiro atoms. The summed E-state index contributed by atoms with van der Waals surface area (Å²) < 4.78 is 17.5. The van der Waals surface area contributed by atoms with Crippen LogP contribution in [0.2, 0.25) is 0 Å². The number of hydrogen-bond donors (Lipinski definition) is 1. The third-order valence-electron chi connectivity index (χ3n) is 9.17. The van der Waals surface area contributed by atoms with Crippen LogP contribution in [-0.4, -0.2) is 57.5 Å². The lowest BCUT2D eigenvalue weighted by Gasteiger charge is -2.32. The molecule has 242 valence electrons. The summed E-state index contributed by atoms with van der Waals surface area (Å²) >= 11 is 0. The summed E-state index contributed by atoms with van der Waals surface area (Å²) in [5.41, 5.74) is 8.75. The van der Waals surface area contributed by atoms with Gasteiger partial charge in [-0.25, -0.2) is 4.98 Å². The fraction of sp³-hybridized carbons (Fsp3) is 0.333. The highest BCUT2D eigenvalue weighted by atomic mass is 16.7. The molecule has 1 aliphatic heterocycles. The Hall–Kier alpha value is -4.58. The van der Waals surface area contributed by atoms with E-state index in [1.807, 2.05) is 78.6 Å². The summed E-state index contributed by atoms with van der Waals surface area (Å²) in [4.78, 5) is 8.93. The zero-order valence-corrected chi connectivity index (χ0v) is 28.3. The molecule has 2 aromatic carbocycles. The SMILES string of the molecule is Cc1ccc(C)c(Cn2c(C(O)c3ccncc3)nc3ccc(-c4cnn(C)c4)cc32)c1.Cn1cc(B2OC(C)(C)C(C)(C)O2)cn1. The molecule has 1 fully saturated rings. The number of pyridine rings is 1. The lowest BCUT2D eigenvalue weighted by Crippen LogP contribution is -2.41. The number of fused-ring (bicyclic) bond motifs is 1. The molecule has 0 aliphatic carbocycles. The van der Waals surface area contributed by atoms with Crippen molar-refractivity contribution in [2.45, 2.75) is 65.4 Å². The number of imidazole rings is 1. The molecule has 4 aromatic heterocycles. The van der Waals surface area contributed by atoms with Crippen LogP contribution < -0.4 is 5.46 Å². The van der Waals surface area contributed by atoms with Crippen molar-refractivity contribution in [2.24, 2.45) is 14.1 Å². The molecule has 1 N–H and O–H groups in total. The maximum atomic E-state index is 11.2. The van der Waals surface area contributed by atoms with Gasteiger partial charge in [-0.15, -0.1) is 0 Å². The monoisotopic (exact) mass is 631 g/mol. The van der Waals surface area contributed by atoms with Gasteiger partial charge in [-0.2, -0.15) is 10.2 Å². The summed E-state index contributed by atoms with van der Waals surface area (Å²) in [5, 5.41) is 19.7. The molecule has 0 bridgehead atoms. The van der Waals surface area contributed by atoms with Gasteiger partial charge in [0.25, 0.3) is 0 Å². The first-order valence-electron chi connectivity index (χ1n) is 15.8. The summed E-state index contributed by atoms with van der Waals surface area (Å²) in [6.07, 6.45) is 10.1. The van der Waals surface area contributed by atoms with Crippen LogP contribution in [0.15, 0.2) is 85.7 Å². The zero-order valence-electron chi connectivity index (χ0n) is 28.3. The minimum atomic E-state index is -0.850. The van der Waals surface area contributed by atoms with Crippen LogP contribution in [-0.2, 0) is 29.9 Å². The Morgan fingerprint density at radius 2 is 1.51 bits per heavy atom. The van der Waals surface area contributed by atoms with Gasteiger partial charge in [0.15, 0.2) is 0 Å². The van der Waals surface area contributed by atoms with E-state index in [1.165, 1.54) is 16.7 Å². The molecular formula is C36H42BN7O3. The Balaban J connectivity index is 0.000000215. The summed E-state index contributed by atoms with van der Waals surface area (Å²) in [7, 11) is 3.49. The lowest BCUT2D eigenvalue weighted by molar-refractivity contribution is 0.00578. The smallest absolute Gasteiger partial charge is 0.399 e. The zero-order chi connectivity index (χ0) is 33.5. The van der Waals surface area contributed by atoms with Crippen molar-refractivity contribution in [2.75, 3.05) is 0 Å². The number of aryl methyl sites for hydroxylation is 4. The predicted molar refractivity (Wildman–Crippen MR) is 184 cm³/mol. The standard InChI is InChI=1S/C26H25N5O.C10H17BN2O2/c1-17-4-5-18(2)21(12-17)16-31-24-13-20(22-14-28-30(3)15-22)6-7-23(24)29-26(31)25(32)19-8-10-27-11-9-19;1-9(2)10(3,4)15-11(14-9)8-6-12-13(5)7-8/h4-15,25,32H,16H2,1-3H3;6-7H,1-5H3. The number of rotatable bonds is 6. The van der Waals surface area contributed by atoms with Crippen LogP contribution in [0.4, 0.5) is 0 Å². The largest absolute Gasteiger partial charge is 0.498 e. The van der Waals surface area contributed by atoms with Crippen molar-refractivity contribution < 1.29 is 14.4 Å². The Labute approximate surface area is 276 Å². The lowest BCUT2D eigenvalue weighted by atomic mass is 9.82. The van der Waals surface area contributed by atoms with Crippen molar-refractivity contribution in [3.05, 3.63) is 114 Å². The summed E-state index contributed by atoms with van der Waals surface area (Å²) in [6.45, 7) is 13.0. The molecule has 0 saturated carbocycles. The number of benzene rings is 2. The quantitative estimate of drug-likeness (QED) is 0.249. The highest BCUT2D eigenvalue weighted by Crippen LogP contribution is 2.36. The molecule has 1 unspecified atom stereocenters. The maximum Gasteiger partial charge on any atom is 0.498 e. The average Bonchev–Trinajstić information content (AvgIpc) is 3.80. The van der Waals surface area contributed by atoms with Crippen molar-refractivity contribution in [3.8, 4) is 11.1 Å². The first-order valence-corrected chi connectivity index (χ1v) is 15.8. The molecule has 1 aliphatic rings. The van der Waals surface area contributed by atoms with Gasteiger partial charge in [0, 0.05) is 62.7 Å². The summed E-state index contributed by atoms with van der Waals surface area (Å²) in [6, 6.07) is 16.3. The Morgan fingerprint density at radius 3 is 2.15 bits per heavy atom. The number of aliphatic hydroxyl groups is 1. The second-order valence-electron chi connectivity index (χ2n) is 13.3. The van der Waals surface area contributed by atoms with E-state index < -0.39 is 6.10 Å². The van der Waals surface area contributed by atoms with Gasteiger partial charge in [0.2, 0.25) is 0 Å². The molecule has 6 aromatic rings. The summed E-state index contributed by atoms with van der Waals surface area (Å²) in [5.74, 6) is 0.621. The van der Waals surface area contributed by atoms with E-state index in [0.717, 1.165) is 33.2 Å². The Bertz CT molecular complexity index is 2000. The van der Waals surface area contributed by atoms with Crippen LogP contribution in [0.3, 0.4) is 0 Å². The van der Waals surface area contributed by atoms with Gasteiger partial charge in [-0.05, 0) is 88.1 Å². The predicted octanol–water partition coefficient (Wildman–Crippen LogP) is 5.30. The molecule has 7 rings (SSSR count). The third kappa shape index (κ3) is 6.65. The normalized spacial score (nSPS) is 15.9. The van der Waals surface area contributed by atoms with Gasteiger partial charge < -0.3 is 19.0 Å². The van der Waals surface area contributed by atoms with E-state index >= 15 is 0 Å². The van der Waals surface area contributed by atoms with E-state index in [9.17, 15) is 5.11 Å².